The zero-order valence-electron chi connectivity index (χ0n) is 14.0. The second-order valence-electron chi connectivity index (χ2n) is 6.10. The quantitative estimate of drug-likeness (QED) is 0.894. The third kappa shape index (κ3) is 3.57. The van der Waals surface area contributed by atoms with Crippen molar-refractivity contribution in [1.82, 2.24) is 15.1 Å². The SMILES string of the molecule is CC(=O)N1CCN(c2ccccc2CNC2=NCCN2C)CC1. The molecule has 0 radical (unpaired) electrons. The average Bonchev–Trinajstić information content (AvgIpc) is 2.98. The predicted molar refractivity (Wildman–Crippen MR) is 92.7 cm³/mol. The van der Waals surface area contributed by atoms with Gasteiger partial charge in [-0.1, -0.05) is 18.2 Å². The lowest BCUT2D eigenvalue weighted by Crippen LogP contribution is -2.48. The Hall–Kier alpha value is -2.24. The lowest BCUT2D eigenvalue weighted by Gasteiger charge is -2.36. The molecule has 2 heterocycles. The van der Waals surface area contributed by atoms with E-state index in [2.05, 4.69) is 51.4 Å². The molecule has 0 aliphatic carbocycles. The molecule has 1 saturated heterocycles. The fourth-order valence-corrected chi connectivity index (χ4v) is 3.13. The molecule has 6 heteroatoms. The molecule has 0 aromatic heterocycles. The first kappa shape index (κ1) is 15.6. The first-order valence-corrected chi connectivity index (χ1v) is 8.23. The number of amides is 1. The summed E-state index contributed by atoms with van der Waals surface area (Å²) >= 11 is 0. The molecule has 0 unspecified atom stereocenters. The Morgan fingerprint density at radius 3 is 2.57 bits per heavy atom. The predicted octanol–water partition coefficient (Wildman–Crippen LogP) is 0.746. The van der Waals surface area contributed by atoms with Gasteiger partial charge in [0.15, 0.2) is 5.96 Å². The van der Waals surface area contributed by atoms with Crippen molar-refractivity contribution in [3.8, 4) is 0 Å². The maximum atomic E-state index is 11.5. The Labute approximate surface area is 137 Å². The summed E-state index contributed by atoms with van der Waals surface area (Å²) in [7, 11) is 2.06. The first-order valence-electron chi connectivity index (χ1n) is 8.23. The summed E-state index contributed by atoms with van der Waals surface area (Å²) < 4.78 is 0. The van der Waals surface area contributed by atoms with Crippen molar-refractivity contribution in [3.63, 3.8) is 0 Å². The van der Waals surface area contributed by atoms with Crippen LogP contribution in [0.1, 0.15) is 12.5 Å². The number of anilines is 1. The summed E-state index contributed by atoms with van der Waals surface area (Å²) in [5.74, 6) is 1.14. The van der Waals surface area contributed by atoms with Gasteiger partial charge in [-0.2, -0.15) is 0 Å². The summed E-state index contributed by atoms with van der Waals surface area (Å²) in [4.78, 5) is 22.4. The molecule has 1 aromatic carbocycles. The Morgan fingerprint density at radius 2 is 1.91 bits per heavy atom. The lowest BCUT2D eigenvalue weighted by atomic mass is 10.1. The molecule has 0 bridgehead atoms. The van der Waals surface area contributed by atoms with E-state index in [9.17, 15) is 4.79 Å². The van der Waals surface area contributed by atoms with Crippen LogP contribution in [0, 0.1) is 0 Å². The van der Waals surface area contributed by atoms with Crippen LogP contribution in [0.3, 0.4) is 0 Å². The van der Waals surface area contributed by atoms with Crippen LogP contribution in [0.4, 0.5) is 5.69 Å². The monoisotopic (exact) mass is 315 g/mol. The zero-order chi connectivity index (χ0) is 16.2. The standard InChI is InChI=1S/C17H25N5O/c1-14(23)21-9-11-22(12-10-21)16-6-4-3-5-15(16)13-19-17-18-7-8-20(17)2/h3-6H,7-13H2,1-2H3,(H,18,19). The summed E-state index contributed by atoms with van der Waals surface area (Å²) in [6.45, 7) is 7.64. The summed E-state index contributed by atoms with van der Waals surface area (Å²) in [6.07, 6.45) is 0. The number of carbonyl (C=O) groups is 1. The van der Waals surface area contributed by atoms with Gasteiger partial charge in [-0.15, -0.1) is 0 Å². The number of benzene rings is 1. The maximum Gasteiger partial charge on any atom is 0.219 e. The molecule has 0 spiro atoms. The van der Waals surface area contributed by atoms with Gasteiger partial charge in [-0.25, -0.2) is 0 Å². The highest BCUT2D eigenvalue weighted by atomic mass is 16.2. The van der Waals surface area contributed by atoms with Gasteiger partial charge < -0.3 is 20.0 Å². The van der Waals surface area contributed by atoms with Crippen LogP contribution in [-0.4, -0.2) is 68.0 Å². The van der Waals surface area contributed by atoms with E-state index >= 15 is 0 Å². The van der Waals surface area contributed by atoms with E-state index in [0.717, 1.165) is 51.8 Å². The minimum atomic E-state index is 0.168. The number of nitrogens with one attached hydrogen (secondary N) is 1. The Balaban J connectivity index is 1.65. The van der Waals surface area contributed by atoms with Crippen LogP contribution in [0.25, 0.3) is 0 Å². The zero-order valence-corrected chi connectivity index (χ0v) is 14.0. The minimum Gasteiger partial charge on any atom is -0.368 e. The fourth-order valence-electron chi connectivity index (χ4n) is 3.13. The third-order valence-corrected chi connectivity index (χ3v) is 4.55. The Morgan fingerprint density at radius 1 is 1.17 bits per heavy atom. The molecule has 1 fully saturated rings. The number of nitrogens with zero attached hydrogens (tertiary/aromatic N) is 4. The molecule has 23 heavy (non-hydrogen) atoms. The number of aliphatic imine (C=N–C) groups is 1. The number of guanidine groups is 1. The van der Waals surface area contributed by atoms with Crippen molar-refractivity contribution >= 4 is 17.6 Å². The molecule has 0 atom stereocenters. The molecule has 2 aliphatic heterocycles. The van der Waals surface area contributed by atoms with Gasteiger partial charge in [0.1, 0.15) is 0 Å². The van der Waals surface area contributed by atoms with E-state index in [-0.39, 0.29) is 5.91 Å². The largest absolute Gasteiger partial charge is 0.368 e. The number of para-hydroxylation sites is 1. The molecular formula is C17H25N5O. The van der Waals surface area contributed by atoms with Crippen LogP contribution >= 0.6 is 0 Å². The van der Waals surface area contributed by atoms with Gasteiger partial charge in [0.25, 0.3) is 0 Å². The number of likely N-dealkylation sites (N-methyl/N-ethyl adjacent to an activating group) is 1. The second kappa shape index (κ2) is 6.89. The highest BCUT2D eigenvalue weighted by Crippen LogP contribution is 2.22. The molecule has 0 saturated carbocycles. The maximum absolute atomic E-state index is 11.5. The van der Waals surface area contributed by atoms with Crippen LogP contribution in [0.2, 0.25) is 0 Å². The first-order chi connectivity index (χ1) is 11.1. The number of hydrogen-bond acceptors (Lipinski definition) is 5. The van der Waals surface area contributed by atoms with Gasteiger partial charge >= 0.3 is 0 Å². The highest BCUT2D eigenvalue weighted by molar-refractivity contribution is 5.81. The number of hydrogen-bond donors (Lipinski definition) is 1. The van der Waals surface area contributed by atoms with Crippen LogP contribution in [0.5, 0.6) is 0 Å². The molecule has 6 nitrogen and oxygen atoms in total. The highest BCUT2D eigenvalue weighted by Gasteiger charge is 2.20. The molecule has 2 aliphatic rings. The van der Waals surface area contributed by atoms with Crippen molar-refractivity contribution < 1.29 is 4.79 Å². The van der Waals surface area contributed by atoms with Gasteiger partial charge in [0, 0.05) is 58.9 Å². The van der Waals surface area contributed by atoms with Crippen LogP contribution in [0.15, 0.2) is 29.3 Å². The van der Waals surface area contributed by atoms with E-state index in [1.54, 1.807) is 6.92 Å². The summed E-state index contributed by atoms with van der Waals surface area (Å²) in [5, 5.41) is 3.44. The minimum absolute atomic E-state index is 0.168. The molecule has 1 amide bonds. The van der Waals surface area contributed by atoms with Crippen molar-refractivity contribution in [1.29, 1.82) is 0 Å². The van der Waals surface area contributed by atoms with Crippen molar-refractivity contribution in [2.75, 3.05) is 51.2 Å². The second-order valence-corrected chi connectivity index (χ2v) is 6.10. The van der Waals surface area contributed by atoms with Crippen molar-refractivity contribution in [2.45, 2.75) is 13.5 Å². The van der Waals surface area contributed by atoms with Gasteiger partial charge in [-0.3, -0.25) is 9.79 Å². The van der Waals surface area contributed by atoms with E-state index in [1.165, 1.54) is 11.3 Å². The number of piperazine rings is 1. The molecule has 124 valence electrons. The lowest BCUT2D eigenvalue weighted by molar-refractivity contribution is -0.129. The van der Waals surface area contributed by atoms with Crippen molar-refractivity contribution in [3.05, 3.63) is 29.8 Å². The average molecular weight is 315 g/mol. The Bertz CT molecular complexity index is 592. The molecular weight excluding hydrogens is 290 g/mol. The van der Waals surface area contributed by atoms with Gasteiger partial charge in [0.05, 0.1) is 6.54 Å². The van der Waals surface area contributed by atoms with Crippen molar-refractivity contribution in [2.24, 2.45) is 4.99 Å². The smallest absolute Gasteiger partial charge is 0.219 e. The van der Waals surface area contributed by atoms with E-state index in [1.807, 2.05) is 4.90 Å². The molecule has 3 rings (SSSR count). The fraction of sp³-hybridized carbons (Fsp3) is 0.529. The number of rotatable bonds is 3. The van der Waals surface area contributed by atoms with Crippen LogP contribution < -0.4 is 10.2 Å². The molecule has 1 N–H and O–H groups in total. The molecule has 1 aromatic rings. The number of carbonyl (C=O) groups excluding carboxylic acids is 1. The van der Waals surface area contributed by atoms with E-state index in [4.69, 9.17) is 0 Å². The van der Waals surface area contributed by atoms with Gasteiger partial charge in [-0.05, 0) is 11.6 Å². The summed E-state index contributed by atoms with van der Waals surface area (Å²) in [6, 6.07) is 8.48. The topological polar surface area (TPSA) is 51.2 Å². The van der Waals surface area contributed by atoms with Gasteiger partial charge in [0.2, 0.25) is 5.91 Å². The Kier molecular flexibility index (Phi) is 4.69. The van der Waals surface area contributed by atoms with E-state index in [0.29, 0.717) is 0 Å². The van der Waals surface area contributed by atoms with E-state index < -0.39 is 0 Å². The summed E-state index contributed by atoms with van der Waals surface area (Å²) in [5.41, 5.74) is 2.52. The van der Waals surface area contributed by atoms with Crippen LogP contribution in [-0.2, 0) is 11.3 Å². The normalized spacial score (nSPS) is 18.2. The third-order valence-electron chi connectivity index (χ3n) is 4.55.